The van der Waals surface area contributed by atoms with Crippen LogP contribution >= 0.6 is 11.8 Å². The Balaban J connectivity index is 0.00000196. The van der Waals surface area contributed by atoms with Crippen molar-refractivity contribution < 1.29 is 33.3 Å². The summed E-state index contributed by atoms with van der Waals surface area (Å²) in [6, 6.07) is 17.0. The highest BCUT2D eigenvalue weighted by Crippen LogP contribution is 2.47. The van der Waals surface area contributed by atoms with Crippen molar-refractivity contribution in [1.29, 1.82) is 0 Å². The number of hydrogen-bond donors (Lipinski definition) is 0. The van der Waals surface area contributed by atoms with Gasteiger partial charge in [0, 0.05) is 30.1 Å². The number of nitrogens with zero attached hydrogens (tertiary/aromatic N) is 2. The summed E-state index contributed by atoms with van der Waals surface area (Å²) >= 11 is 1.80. The van der Waals surface area contributed by atoms with Crippen molar-refractivity contribution in [3.8, 4) is 5.75 Å². The maximum absolute atomic E-state index is 5.37. The second kappa shape index (κ2) is 7.88. The number of benzene rings is 2. The summed E-state index contributed by atoms with van der Waals surface area (Å²) < 4.78 is 7.65. The number of pyridine rings is 1. The van der Waals surface area contributed by atoms with Crippen molar-refractivity contribution in [2.24, 2.45) is 0 Å². The van der Waals surface area contributed by atoms with Gasteiger partial charge in [-0.2, -0.15) is 4.57 Å². The lowest BCUT2D eigenvalue weighted by Crippen LogP contribution is -3.00. The Kier molecular flexibility index (Phi) is 5.77. The van der Waals surface area contributed by atoms with Gasteiger partial charge in [0.15, 0.2) is 6.20 Å². The van der Waals surface area contributed by atoms with Crippen LogP contribution in [0.4, 0.5) is 5.69 Å². The highest BCUT2D eigenvalue weighted by molar-refractivity contribution is 8.03. The molecule has 5 heteroatoms. The lowest BCUT2D eigenvalue weighted by atomic mass is 10.1. The maximum atomic E-state index is 5.37. The summed E-state index contributed by atoms with van der Waals surface area (Å²) in [6.45, 7) is 3.15. The molecule has 0 fully saturated rings. The fraction of sp³-hybridized carbons (Fsp3) is 0.190. The smallest absolute Gasteiger partial charge is 0.213 e. The lowest BCUT2D eigenvalue weighted by molar-refractivity contribution is -0.667. The van der Waals surface area contributed by atoms with E-state index < -0.39 is 0 Å². The van der Waals surface area contributed by atoms with Crippen LogP contribution in [0.1, 0.15) is 12.5 Å². The van der Waals surface area contributed by atoms with Crippen LogP contribution < -0.4 is 38.2 Å². The minimum atomic E-state index is 0. The highest BCUT2D eigenvalue weighted by atomic mass is 127. The number of aryl methyl sites for hydroxylation is 1. The van der Waals surface area contributed by atoms with Gasteiger partial charge in [-0.15, -0.1) is 0 Å². The van der Waals surface area contributed by atoms with Crippen LogP contribution in [-0.2, 0) is 6.54 Å². The zero-order chi connectivity index (χ0) is 17.4. The number of methoxy groups -OCH3 is 1. The standard InChI is InChI=1S/C21H21N2OS.HI/c1-4-23-12-11-15(17-7-5-6-8-18(17)23)13-21-22(2)19-14-16(24-3)9-10-20(19)25-21;/h5-14H,4H2,1-3H3;1H/q+1;/p-1. The fourth-order valence-corrected chi connectivity index (χ4v) is 4.32. The van der Waals surface area contributed by atoms with E-state index in [0.29, 0.717) is 0 Å². The molecule has 0 N–H and O–H groups in total. The molecule has 0 spiro atoms. The molecule has 1 aromatic heterocycles. The number of halogens is 1. The molecule has 2 heterocycles. The second-order valence-electron chi connectivity index (χ2n) is 6.05. The van der Waals surface area contributed by atoms with E-state index in [1.54, 1.807) is 18.9 Å². The van der Waals surface area contributed by atoms with Crippen LogP contribution in [0.15, 0.2) is 64.7 Å². The molecule has 1 aliphatic heterocycles. The number of thioether (sulfide) groups is 1. The van der Waals surface area contributed by atoms with Gasteiger partial charge >= 0.3 is 0 Å². The van der Waals surface area contributed by atoms with E-state index in [2.05, 4.69) is 78.2 Å². The van der Waals surface area contributed by atoms with E-state index in [0.717, 1.165) is 12.3 Å². The molecule has 134 valence electrons. The lowest BCUT2D eigenvalue weighted by Gasteiger charge is -2.14. The number of anilines is 1. The summed E-state index contributed by atoms with van der Waals surface area (Å²) in [5.41, 5.74) is 3.71. The number of fused-ring (bicyclic) bond motifs is 2. The Hall–Kier alpha value is -1.73. The van der Waals surface area contributed by atoms with Crippen molar-refractivity contribution in [2.75, 3.05) is 19.1 Å². The van der Waals surface area contributed by atoms with Crippen LogP contribution in [0.2, 0.25) is 0 Å². The van der Waals surface area contributed by atoms with Crippen molar-refractivity contribution in [2.45, 2.75) is 18.4 Å². The molecular weight excluding hydrogens is 455 g/mol. The third-order valence-electron chi connectivity index (χ3n) is 4.65. The summed E-state index contributed by atoms with van der Waals surface area (Å²) in [5.74, 6) is 0.890. The minimum Gasteiger partial charge on any atom is -1.00 e. The molecule has 0 aliphatic carbocycles. The molecule has 2 aromatic carbocycles. The van der Waals surface area contributed by atoms with Gasteiger partial charge in [-0.25, -0.2) is 0 Å². The summed E-state index contributed by atoms with van der Waals surface area (Å²) in [5, 5.41) is 2.50. The fourth-order valence-electron chi connectivity index (χ4n) is 3.24. The first-order valence-corrected chi connectivity index (χ1v) is 9.25. The van der Waals surface area contributed by atoms with Crippen LogP contribution in [0, 0.1) is 0 Å². The van der Waals surface area contributed by atoms with E-state index in [-0.39, 0.29) is 24.0 Å². The van der Waals surface area contributed by atoms with Crippen molar-refractivity contribution in [3.05, 3.63) is 65.3 Å². The Bertz CT molecular complexity index is 987. The van der Waals surface area contributed by atoms with Crippen molar-refractivity contribution >= 4 is 34.4 Å². The number of para-hydroxylation sites is 1. The molecule has 0 saturated heterocycles. The molecule has 0 saturated carbocycles. The summed E-state index contributed by atoms with van der Waals surface area (Å²) in [4.78, 5) is 3.50. The Labute approximate surface area is 175 Å². The summed E-state index contributed by atoms with van der Waals surface area (Å²) in [6.07, 6.45) is 4.45. The van der Waals surface area contributed by atoms with Gasteiger partial charge in [0.2, 0.25) is 5.52 Å². The highest BCUT2D eigenvalue weighted by Gasteiger charge is 2.23. The Morgan fingerprint density at radius 2 is 1.96 bits per heavy atom. The number of aromatic nitrogens is 1. The molecule has 0 radical (unpaired) electrons. The third kappa shape index (κ3) is 3.30. The molecule has 1 aliphatic rings. The van der Waals surface area contributed by atoms with Crippen molar-refractivity contribution in [1.82, 2.24) is 0 Å². The molecule has 3 aromatic rings. The van der Waals surface area contributed by atoms with E-state index in [9.17, 15) is 0 Å². The average Bonchev–Trinajstić information content (AvgIpc) is 2.97. The van der Waals surface area contributed by atoms with Gasteiger partial charge in [0.05, 0.1) is 23.2 Å². The normalized spacial score (nSPS) is 14.4. The van der Waals surface area contributed by atoms with Crippen LogP contribution in [-0.4, -0.2) is 14.2 Å². The van der Waals surface area contributed by atoms with Gasteiger partial charge in [0.1, 0.15) is 12.3 Å². The topological polar surface area (TPSA) is 16.4 Å². The largest absolute Gasteiger partial charge is 1.00 e. The molecule has 26 heavy (non-hydrogen) atoms. The number of rotatable bonds is 3. The van der Waals surface area contributed by atoms with E-state index in [1.165, 1.54) is 32.1 Å². The van der Waals surface area contributed by atoms with Crippen LogP contribution in [0.3, 0.4) is 0 Å². The monoisotopic (exact) mass is 476 g/mol. The molecular formula is C21H21IN2OS. The Morgan fingerprint density at radius 1 is 1.15 bits per heavy atom. The quantitative estimate of drug-likeness (QED) is 0.423. The zero-order valence-electron chi connectivity index (χ0n) is 15.1. The molecule has 4 rings (SSSR count). The van der Waals surface area contributed by atoms with E-state index in [4.69, 9.17) is 4.74 Å². The van der Waals surface area contributed by atoms with E-state index >= 15 is 0 Å². The zero-order valence-corrected chi connectivity index (χ0v) is 18.0. The first kappa shape index (κ1) is 19.0. The van der Waals surface area contributed by atoms with Gasteiger partial charge < -0.3 is 33.6 Å². The van der Waals surface area contributed by atoms with Gasteiger partial charge in [-0.05, 0) is 36.8 Å². The predicted molar refractivity (Wildman–Crippen MR) is 105 cm³/mol. The number of ether oxygens (including phenoxy) is 1. The molecule has 0 atom stereocenters. The van der Waals surface area contributed by atoms with Gasteiger partial charge in [0.25, 0.3) is 0 Å². The second-order valence-corrected chi connectivity index (χ2v) is 7.11. The third-order valence-corrected chi connectivity index (χ3v) is 5.82. The van der Waals surface area contributed by atoms with Crippen LogP contribution in [0.5, 0.6) is 5.75 Å². The maximum Gasteiger partial charge on any atom is 0.213 e. The summed E-state index contributed by atoms with van der Waals surface area (Å²) in [7, 11) is 3.82. The molecule has 3 nitrogen and oxygen atoms in total. The van der Waals surface area contributed by atoms with E-state index in [1.807, 2.05) is 6.07 Å². The van der Waals surface area contributed by atoms with Gasteiger partial charge in [-0.1, -0.05) is 23.9 Å². The molecule has 0 amide bonds. The molecule has 0 unspecified atom stereocenters. The average molecular weight is 476 g/mol. The van der Waals surface area contributed by atoms with Gasteiger partial charge in [-0.3, -0.25) is 0 Å². The SMILES string of the molecule is CC[n+]1ccc(/C=C2\Sc3ccc(OC)cc3N2C)c2ccccc21.[I-]. The molecule has 0 bridgehead atoms. The van der Waals surface area contributed by atoms with Crippen molar-refractivity contribution in [3.63, 3.8) is 0 Å². The predicted octanol–water partition coefficient (Wildman–Crippen LogP) is 1.70. The first-order chi connectivity index (χ1) is 12.2. The first-order valence-electron chi connectivity index (χ1n) is 8.43. The minimum absolute atomic E-state index is 0. The Morgan fingerprint density at radius 3 is 2.73 bits per heavy atom. The van der Waals surface area contributed by atoms with Crippen LogP contribution in [0.25, 0.3) is 17.0 Å². The number of hydrogen-bond acceptors (Lipinski definition) is 3.